The smallest absolute Gasteiger partial charge is 1.00 e. The molecule has 0 heterocycles. The quantitative estimate of drug-likeness (QED) is 0.314. The SMILES string of the molecule is CCOC(=O)CC(C(=O)OCC)S(=O)(=O)O.[H-].[K+]. The van der Waals surface area contributed by atoms with Crippen molar-refractivity contribution in [3.63, 3.8) is 0 Å². The third kappa shape index (κ3) is 8.24. The summed E-state index contributed by atoms with van der Waals surface area (Å²) in [5, 5.41) is -1.92. The third-order valence-corrected chi connectivity index (χ3v) is 2.64. The zero-order valence-corrected chi connectivity index (χ0v) is 13.9. The van der Waals surface area contributed by atoms with Crippen LogP contribution >= 0.6 is 0 Å². The minimum atomic E-state index is -4.68. The minimum Gasteiger partial charge on any atom is -1.00 e. The van der Waals surface area contributed by atoms with Crippen molar-refractivity contribution in [2.45, 2.75) is 25.5 Å². The Kier molecular flexibility index (Phi) is 11.0. The molecule has 0 aromatic heterocycles. The molecular formula is C8H15KO7S. The maximum Gasteiger partial charge on any atom is 1.00 e. The van der Waals surface area contributed by atoms with E-state index in [1.165, 1.54) is 13.8 Å². The van der Waals surface area contributed by atoms with E-state index in [0.717, 1.165) is 0 Å². The van der Waals surface area contributed by atoms with Gasteiger partial charge in [0.2, 0.25) is 0 Å². The van der Waals surface area contributed by atoms with E-state index in [1.807, 2.05) is 0 Å². The molecule has 0 radical (unpaired) electrons. The molecule has 0 aliphatic rings. The molecule has 0 saturated carbocycles. The summed E-state index contributed by atoms with van der Waals surface area (Å²) in [5.74, 6) is -2.06. The normalized spacial score (nSPS) is 12.2. The van der Waals surface area contributed by atoms with Gasteiger partial charge in [-0.1, -0.05) is 0 Å². The van der Waals surface area contributed by atoms with E-state index in [9.17, 15) is 18.0 Å². The van der Waals surface area contributed by atoms with Gasteiger partial charge in [0.05, 0.1) is 19.6 Å². The van der Waals surface area contributed by atoms with E-state index in [0.29, 0.717) is 0 Å². The summed E-state index contributed by atoms with van der Waals surface area (Å²) in [6, 6.07) is 0. The van der Waals surface area contributed by atoms with Crippen molar-refractivity contribution >= 4 is 22.1 Å². The summed E-state index contributed by atoms with van der Waals surface area (Å²) < 4.78 is 39.3. The van der Waals surface area contributed by atoms with Gasteiger partial charge in [-0.05, 0) is 13.8 Å². The Balaban J connectivity index is -0.00000112. The molecule has 0 amide bonds. The van der Waals surface area contributed by atoms with Gasteiger partial charge in [-0.15, -0.1) is 0 Å². The van der Waals surface area contributed by atoms with Crippen LogP contribution in [-0.2, 0) is 29.2 Å². The first-order chi connectivity index (χ1) is 7.32. The molecule has 9 heteroatoms. The molecule has 0 aliphatic carbocycles. The first-order valence-corrected chi connectivity index (χ1v) is 6.11. The monoisotopic (exact) mass is 294 g/mol. The van der Waals surface area contributed by atoms with Crippen LogP contribution in [0.15, 0.2) is 0 Å². The van der Waals surface area contributed by atoms with Crippen LogP contribution in [-0.4, -0.2) is 43.4 Å². The molecular weight excluding hydrogens is 279 g/mol. The average molecular weight is 294 g/mol. The van der Waals surface area contributed by atoms with Crippen LogP contribution in [0.25, 0.3) is 0 Å². The maximum absolute atomic E-state index is 11.2. The van der Waals surface area contributed by atoms with Crippen LogP contribution in [0.5, 0.6) is 0 Å². The van der Waals surface area contributed by atoms with E-state index < -0.39 is 33.7 Å². The van der Waals surface area contributed by atoms with Gasteiger partial charge in [-0.2, -0.15) is 8.42 Å². The maximum atomic E-state index is 11.2. The van der Waals surface area contributed by atoms with Crippen molar-refractivity contribution in [2.75, 3.05) is 13.2 Å². The molecule has 7 nitrogen and oxygen atoms in total. The predicted octanol–water partition coefficient (Wildman–Crippen LogP) is -3.12. The fourth-order valence-electron chi connectivity index (χ4n) is 0.917. The molecule has 1 N–H and O–H groups in total. The van der Waals surface area contributed by atoms with Gasteiger partial charge in [-0.25, -0.2) is 0 Å². The number of ether oxygens (including phenoxy) is 2. The standard InChI is InChI=1S/C8H14O7S.K.H/c1-3-14-7(9)5-6(16(11,12)13)8(10)15-4-2;;/h6H,3-5H2,1-2H3,(H,11,12,13);;/q;+1;-1. The second-order valence-electron chi connectivity index (χ2n) is 2.76. The Morgan fingerprint density at radius 2 is 1.71 bits per heavy atom. The van der Waals surface area contributed by atoms with E-state index in [1.54, 1.807) is 0 Å². The van der Waals surface area contributed by atoms with Crippen molar-refractivity contribution in [1.29, 1.82) is 0 Å². The van der Waals surface area contributed by atoms with Crippen LogP contribution < -0.4 is 51.4 Å². The molecule has 1 unspecified atom stereocenters. The van der Waals surface area contributed by atoms with Crippen LogP contribution in [0.4, 0.5) is 0 Å². The molecule has 17 heavy (non-hydrogen) atoms. The number of rotatable bonds is 6. The molecule has 96 valence electrons. The molecule has 0 aromatic rings. The minimum absolute atomic E-state index is 0. The Bertz CT molecular complexity index is 356. The Morgan fingerprint density at radius 1 is 1.24 bits per heavy atom. The Hall–Kier alpha value is 0.486. The Labute approximate surface area is 144 Å². The fraction of sp³-hybridized carbons (Fsp3) is 0.750. The van der Waals surface area contributed by atoms with Gasteiger partial charge in [0.1, 0.15) is 0 Å². The second-order valence-corrected chi connectivity index (χ2v) is 4.36. The topological polar surface area (TPSA) is 107 Å². The van der Waals surface area contributed by atoms with Crippen molar-refractivity contribution in [2.24, 2.45) is 0 Å². The van der Waals surface area contributed by atoms with Gasteiger partial charge < -0.3 is 10.9 Å². The molecule has 0 spiro atoms. The molecule has 0 aromatic carbocycles. The third-order valence-electron chi connectivity index (χ3n) is 1.57. The van der Waals surface area contributed by atoms with Crippen molar-refractivity contribution in [3.05, 3.63) is 0 Å². The number of esters is 2. The molecule has 0 saturated heterocycles. The molecule has 0 bridgehead atoms. The first-order valence-electron chi connectivity index (χ1n) is 4.61. The zero-order valence-electron chi connectivity index (χ0n) is 11.0. The summed E-state index contributed by atoms with van der Waals surface area (Å²) in [4.78, 5) is 22.2. The van der Waals surface area contributed by atoms with Gasteiger partial charge in [-0.3, -0.25) is 14.1 Å². The second kappa shape index (κ2) is 9.42. The Morgan fingerprint density at radius 3 is 2.06 bits per heavy atom. The largest absolute Gasteiger partial charge is 1.00 e. The van der Waals surface area contributed by atoms with Crippen LogP contribution in [0, 0.1) is 0 Å². The van der Waals surface area contributed by atoms with Crippen LogP contribution in [0.1, 0.15) is 21.7 Å². The molecule has 1 atom stereocenters. The fourth-order valence-corrected chi connectivity index (χ4v) is 1.57. The molecule has 0 rings (SSSR count). The first kappa shape index (κ1) is 19.8. The summed E-state index contributed by atoms with van der Waals surface area (Å²) in [5.41, 5.74) is 0. The summed E-state index contributed by atoms with van der Waals surface area (Å²) in [6.45, 7) is 3.02. The molecule has 0 fully saturated rings. The zero-order chi connectivity index (χ0) is 12.8. The van der Waals surface area contributed by atoms with Crippen molar-refractivity contribution in [1.82, 2.24) is 0 Å². The van der Waals surface area contributed by atoms with Crippen LogP contribution in [0.3, 0.4) is 0 Å². The summed E-state index contributed by atoms with van der Waals surface area (Å²) in [7, 11) is -4.68. The van der Waals surface area contributed by atoms with E-state index in [2.05, 4.69) is 9.47 Å². The van der Waals surface area contributed by atoms with Gasteiger partial charge in [0.25, 0.3) is 10.1 Å². The van der Waals surface area contributed by atoms with Gasteiger partial charge in [0.15, 0.2) is 5.25 Å². The van der Waals surface area contributed by atoms with Crippen LogP contribution in [0.2, 0.25) is 0 Å². The van der Waals surface area contributed by atoms with Crippen molar-refractivity contribution in [3.8, 4) is 0 Å². The van der Waals surface area contributed by atoms with E-state index in [4.69, 9.17) is 4.55 Å². The number of carbonyl (C=O) groups excluding carboxylic acids is 2. The van der Waals surface area contributed by atoms with Gasteiger partial charge >= 0.3 is 63.3 Å². The van der Waals surface area contributed by atoms with Crippen molar-refractivity contribution < 1.29 is 84.8 Å². The van der Waals surface area contributed by atoms with E-state index >= 15 is 0 Å². The average Bonchev–Trinajstić information content (AvgIpc) is 2.13. The summed E-state index contributed by atoms with van der Waals surface area (Å²) >= 11 is 0. The van der Waals surface area contributed by atoms with Gasteiger partial charge in [0, 0.05) is 0 Å². The number of carbonyl (C=O) groups is 2. The number of hydrogen-bond donors (Lipinski definition) is 1. The summed E-state index contributed by atoms with van der Waals surface area (Å²) in [6.07, 6.45) is -0.758. The molecule has 0 aliphatic heterocycles. The predicted molar refractivity (Wildman–Crippen MR) is 54.3 cm³/mol. The number of hydrogen-bond acceptors (Lipinski definition) is 6. The van der Waals surface area contributed by atoms with E-state index in [-0.39, 0.29) is 66.0 Å².